The highest BCUT2D eigenvalue weighted by Gasteiger charge is 2.23. The van der Waals surface area contributed by atoms with Crippen LogP contribution in [0.5, 0.6) is 0 Å². The first-order valence-electron chi connectivity index (χ1n) is 9.46. The van der Waals surface area contributed by atoms with Crippen molar-refractivity contribution in [2.45, 2.75) is 32.7 Å². The lowest BCUT2D eigenvalue weighted by Crippen LogP contribution is -2.38. The van der Waals surface area contributed by atoms with Crippen LogP contribution in [0.25, 0.3) is 11.3 Å². The van der Waals surface area contributed by atoms with Gasteiger partial charge in [-0.15, -0.1) is 11.3 Å². The molecular weight excluding hydrogens is 466 g/mol. The number of ether oxygens (including phenoxy) is 1. The molecule has 8 heteroatoms. The van der Waals surface area contributed by atoms with Gasteiger partial charge in [-0.3, -0.25) is 0 Å². The molecule has 0 spiro atoms. The predicted molar refractivity (Wildman–Crippen MR) is 126 cm³/mol. The molecule has 0 saturated carbocycles. The summed E-state index contributed by atoms with van der Waals surface area (Å²) in [7, 11) is 1.66. The van der Waals surface area contributed by atoms with Crippen LogP contribution in [0.4, 0.5) is 9.52 Å². The Hall–Kier alpha value is -1.37. The Morgan fingerprint density at radius 3 is 2.40 bits per heavy atom. The number of nitrogens with zero attached hydrogens (tertiary/aromatic N) is 2. The van der Waals surface area contributed by atoms with Gasteiger partial charge in [0.05, 0.1) is 20.8 Å². The van der Waals surface area contributed by atoms with Gasteiger partial charge in [0.1, 0.15) is 12.5 Å². The van der Waals surface area contributed by atoms with Gasteiger partial charge in [0.25, 0.3) is 0 Å². The predicted octanol–water partition coefficient (Wildman–Crippen LogP) is 7.65. The molecule has 0 saturated heterocycles. The molecule has 0 aliphatic rings. The van der Waals surface area contributed by atoms with Gasteiger partial charge in [0.15, 0.2) is 5.13 Å². The van der Waals surface area contributed by atoms with E-state index in [1.807, 2.05) is 19.1 Å². The summed E-state index contributed by atoms with van der Waals surface area (Å²) in [4.78, 5) is 8.03. The summed E-state index contributed by atoms with van der Waals surface area (Å²) in [5.41, 5.74) is 2.58. The van der Waals surface area contributed by atoms with Crippen LogP contribution in [0, 0.1) is 12.7 Å². The largest absolute Gasteiger partial charge is 0.364 e. The SMILES string of the molecule is CCC(Cc1ccc(F)cc1)N(COC)c1nc(-c2cc(Cl)c(Cl)cc2Cl)c(C)s1. The van der Waals surface area contributed by atoms with Crippen molar-refractivity contribution in [1.29, 1.82) is 0 Å². The number of halogens is 4. The zero-order valence-electron chi connectivity index (χ0n) is 16.9. The molecule has 0 bridgehead atoms. The fraction of sp³-hybridized carbons (Fsp3) is 0.318. The van der Waals surface area contributed by atoms with E-state index in [0.717, 1.165) is 39.7 Å². The van der Waals surface area contributed by atoms with Crippen molar-refractivity contribution in [2.75, 3.05) is 18.7 Å². The smallest absolute Gasteiger partial charge is 0.188 e. The van der Waals surface area contributed by atoms with Gasteiger partial charge in [-0.05, 0) is 49.6 Å². The molecule has 0 radical (unpaired) electrons. The third-order valence-corrected chi connectivity index (χ3v) is 6.90. The van der Waals surface area contributed by atoms with Crippen LogP contribution in [-0.4, -0.2) is 24.9 Å². The number of thiazole rings is 1. The second kappa shape index (κ2) is 10.3. The first-order valence-corrected chi connectivity index (χ1v) is 11.4. The fourth-order valence-corrected chi connectivity index (χ4v) is 4.90. The monoisotopic (exact) mass is 486 g/mol. The summed E-state index contributed by atoms with van der Waals surface area (Å²) in [6, 6.07) is 10.1. The molecule has 30 heavy (non-hydrogen) atoms. The number of hydrogen-bond acceptors (Lipinski definition) is 4. The number of benzene rings is 2. The lowest BCUT2D eigenvalue weighted by molar-refractivity contribution is 0.188. The maximum Gasteiger partial charge on any atom is 0.188 e. The van der Waals surface area contributed by atoms with Gasteiger partial charge in [0, 0.05) is 23.6 Å². The van der Waals surface area contributed by atoms with Crippen LogP contribution in [0.3, 0.4) is 0 Å². The second-order valence-corrected chi connectivity index (χ2v) is 9.33. The average molecular weight is 488 g/mol. The van der Waals surface area contributed by atoms with Crippen LogP contribution in [-0.2, 0) is 11.2 Å². The zero-order chi connectivity index (χ0) is 21.8. The summed E-state index contributed by atoms with van der Waals surface area (Å²) in [5.74, 6) is -0.237. The van der Waals surface area contributed by atoms with E-state index in [1.54, 1.807) is 30.6 Å². The minimum Gasteiger partial charge on any atom is -0.364 e. The third kappa shape index (κ3) is 5.27. The Bertz CT molecular complexity index is 1010. The van der Waals surface area contributed by atoms with Crippen molar-refractivity contribution in [2.24, 2.45) is 0 Å². The topological polar surface area (TPSA) is 25.4 Å². The van der Waals surface area contributed by atoms with E-state index in [4.69, 9.17) is 44.5 Å². The van der Waals surface area contributed by atoms with Gasteiger partial charge in [-0.1, -0.05) is 53.9 Å². The van der Waals surface area contributed by atoms with Crippen molar-refractivity contribution in [3.05, 3.63) is 67.7 Å². The lowest BCUT2D eigenvalue weighted by atomic mass is 10.0. The second-order valence-electron chi connectivity index (χ2n) is 6.93. The highest BCUT2D eigenvalue weighted by Crippen LogP contribution is 2.40. The standard InChI is InChI=1S/C22H22Cl3FN2OS/c1-4-16(9-14-5-7-15(26)8-6-14)28(12-29-3)22-27-21(13(2)30-22)17-10-19(24)20(25)11-18(17)23/h5-8,10-11,16H,4,9,12H2,1-3H3. The molecule has 1 aromatic heterocycles. The van der Waals surface area contributed by atoms with Crippen molar-refractivity contribution in [1.82, 2.24) is 4.98 Å². The Balaban J connectivity index is 1.95. The number of aromatic nitrogens is 1. The Kier molecular flexibility index (Phi) is 7.99. The van der Waals surface area contributed by atoms with Crippen LogP contribution in [0.15, 0.2) is 36.4 Å². The number of methoxy groups -OCH3 is 1. The Morgan fingerprint density at radius 1 is 1.10 bits per heavy atom. The number of hydrogen-bond donors (Lipinski definition) is 0. The molecule has 1 unspecified atom stereocenters. The van der Waals surface area contributed by atoms with Crippen molar-refractivity contribution in [3.63, 3.8) is 0 Å². The quantitative estimate of drug-likeness (QED) is 0.241. The maximum atomic E-state index is 13.3. The van der Waals surface area contributed by atoms with Crippen molar-refractivity contribution >= 4 is 51.3 Å². The van der Waals surface area contributed by atoms with Crippen LogP contribution < -0.4 is 4.90 Å². The average Bonchev–Trinajstić information content (AvgIpc) is 3.10. The maximum absolute atomic E-state index is 13.3. The minimum atomic E-state index is -0.237. The normalized spacial score (nSPS) is 12.2. The first kappa shape index (κ1) is 23.3. The molecule has 0 aliphatic carbocycles. The molecule has 0 N–H and O–H groups in total. The van der Waals surface area contributed by atoms with E-state index < -0.39 is 0 Å². The molecule has 160 valence electrons. The van der Waals surface area contributed by atoms with Gasteiger partial charge >= 0.3 is 0 Å². The van der Waals surface area contributed by atoms with E-state index >= 15 is 0 Å². The highest BCUT2D eigenvalue weighted by molar-refractivity contribution is 7.16. The molecule has 0 amide bonds. The highest BCUT2D eigenvalue weighted by atomic mass is 35.5. The zero-order valence-corrected chi connectivity index (χ0v) is 20.0. The summed E-state index contributed by atoms with van der Waals surface area (Å²) < 4.78 is 18.8. The van der Waals surface area contributed by atoms with E-state index in [-0.39, 0.29) is 11.9 Å². The van der Waals surface area contributed by atoms with E-state index in [9.17, 15) is 4.39 Å². The molecule has 3 nitrogen and oxygen atoms in total. The van der Waals surface area contributed by atoms with Gasteiger partial charge in [-0.2, -0.15) is 0 Å². The number of aryl methyl sites for hydroxylation is 1. The third-order valence-electron chi connectivity index (χ3n) is 4.86. The molecule has 0 aliphatic heterocycles. The number of anilines is 1. The fourth-order valence-electron chi connectivity index (χ4n) is 3.28. The molecule has 2 aromatic carbocycles. The lowest BCUT2D eigenvalue weighted by Gasteiger charge is -2.30. The van der Waals surface area contributed by atoms with Crippen LogP contribution >= 0.6 is 46.1 Å². The molecule has 1 atom stereocenters. The molecule has 3 aromatic rings. The molecule has 1 heterocycles. The summed E-state index contributed by atoms with van der Waals surface area (Å²) in [5, 5.41) is 2.17. The van der Waals surface area contributed by atoms with Gasteiger partial charge < -0.3 is 9.64 Å². The minimum absolute atomic E-state index is 0.137. The Morgan fingerprint density at radius 2 is 1.77 bits per heavy atom. The summed E-state index contributed by atoms with van der Waals surface area (Å²) in [6.45, 7) is 4.51. The molecule has 3 rings (SSSR count). The van der Waals surface area contributed by atoms with Gasteiger partial charge in [0.2, 0.25) is 0 Å². The van der Waals surface area contributed by atoms with Crippen LogP contribution in [0.1, 0.15) is 23.8 Å². The van der Waals surface area contributed by atoms with Crippen molar-refractivity contribution < 1.29 is 9.13 Å². The van der Waals surface area contributed by atoms with Crippen molar-refractivity contribution in [3.8, 4) is 11.3 Å². The van der Waals surface area contributed by atoms with E-state index in [1.165, 1.54) is 12.1 Å². The van der Waals surface area contributed by atoms with Gasteiger partial charge in [-0.25, -0.2) is 9.37 Å². The molecular formula is C22H22Cl3FN2OS. The Labute approximate surface area is 195 Å². The molecule has 0 fully saturated rings. The summed E-state index contributed by atoms with van der Waals surface area (Å²) in [6.07, 6.45) is 1.63. The van der Waals surface area contributed by atoms with Crippen LogP contribution in [0.2, 0.25) is 15.1 Å². The number of rotatable bonds is 8. The first-order chi connectivity index (χ1) is 14.3. The van der Waals surface area contributed by atoms with E-state index in [2.05, 4.69) is 11.8 Å². The van der Waals surface area contributed by atoms with E-state index in [0.29, 0.717) is 21.8 Å². The summed E-state index contributed by atoms with van der Waals surface area (Å²) >= 11 is 20.3.